The van der Waals surface area contributed by atoms with E-state index in [9.17, 15) is 4.79 Å². The number of pyridine rings is 1. The van der Waals surface area contributed by atoms with Crippen LogP contribution in [0.15, 0.2) is 18.3 Å². The summed E-state index contributed by atoms with van der Waals surface area (Å²) in [6, 6.07) is 3.81. The molecule has 0 aliphatic carbocycles. The lowest BCUT2D eigenvalue weighted by Gasteiger charge is -2.35. The molecule has 0 radical (unpaired) electrons. The van der Waals surface area contributed by atoms with Gasteiger partial charge < -0.3 is 15.5 Å². The highest BCUT2D eigenvalue weighted by Gasteiger charge is 2.20. The van der Waals surface area contributed by atoms with E-state index < -0.39 is 0 Å². The van der Waals surface area contributed by atoms with Gasteiger partial charge in [-0.2, -0.15) is 0 Å². The SMILES string of the molecule is CCN(C)C(=O)CN1CCN(c2ccc(N)cn2)CC1. The van der Waals surface area contributed by atoms with Gasteiger partial charge >= 0.3 is 0 Å². The number of aromatic nitrogens is 1. The van der Waals surface area contributed by atoms with Crippen molar-refractivity contribution in [3.63, 3.8) is 0 Å². The van der Waals surface area contributed by atoms with Gasteiger partial charge in [0, 0.05) is 39.8 Å². The third-order valence-electron chi connectivity index (χ3n) is 3.73. The Morgan fingerprint density at radius 3 is 2.60 bits per heavy atom. The summed E-state index contributed by atoms with van der Waals surface area (Å²) in [5.74, 6) is 1.14. The van der Waals surface area contributed by atoms with Crippen molar-refractivity contribution in [3.8, 4) is 0 Å². The molecule has 1 aliphatic heterocycles. The highest BCUT2D eigenvalue weighted by atomic mass is 16.2. The minimum Gasteiger partial charge on any atom is -0.397 e. The molecule has 2 heterocycles. The molecule has 1 aliphatic rings. The number of likely N-dealkylation sites (N-methyl/N-ethyl adjacent to an activating group) is 1. The molecule has 0 aromatic carbocycles. The largest absolute Gasteiger partial charge is 0.397 e. The Morgan fingerprint density at radius 1 is 1.35 bits per heavy atom. The fourth-order valence-electron chi connectivity index (χ4n) is 2.21. The molecule has 1 aromatic heterocycles. The summed E-state index contributed by atoms with van der Waals surface area (Å²) in [5, 5.41) is 0. The van der Waals surface area contributed by atoms with Crippen LogP contribution in [0.25, 0.3) is 0 Å². The van der Waals surface area contributed by atoms with Crippen molar-refractivity contribution < 1.29 is 4.79 Å². The lowest BCUT2D eigenvalue weighted by atomic mass is 10.3. The van der Waals surface area contributed by atoms with E-state index in [1.165, 1.54) is 0 Å². The van der Waals surface area contributed by atoms with Gasteiger partial charge in [0.1, 0.15) is 5.82 Å². The third-order valence-corrected chi connectivity index (χ3v) is 3.73. The molecule has 0 bridgehead atoms. The molecular formula is C14H23N5O. The quantitative estimate of drug-likeness (QED) is 0.855. The van der Waals surface area contributed by atoms with Crippen molar-refractivity contribution in [3.05, 3.63) is 18.3 Å². The van der Waals surface area contributed by atoms with Crippen molar-refractivity contribution in [1.29, 1.82) is 0 Å². The zero-order chi connectivity index (χ0) is 14.5. The van der Waals surface area contributed by atoms with Crippen molar-refractivity contribution in [2.24, 2.45) is 0 Å². The number of nitrogens with two attached hydrogens (primary N) is 1. The molecule has 20 heavy (non-hydrogen) atoms. The maximum atomic E-state index is 11.9. The first-order valence-electron chi connectivity index (χ1n) is 7.03. The van der Waals surface area contributed by atoms with E-state index in [2.05, 4.69) is 14.8 Å². The molecule has 110 valence electrons. The van der Waals surface area contributed by atoms with Crippen molar-refractivity contribution in [1.82, 2.24) is 14.8 Å². The van der Waals surface area contributed by atoms with E-state index in [-0.39, 0.29) is 5.91 Å². The predicted octanol–water partition coefficient (Wildman–Crippen LogP) is 0.264. The number of hydrogen-bond acceptors (Lipinski definition) is 5. The molecular weight excluding hydrogens is 254 g/mol. The number of piperazine rings is 1. The fraction of sp³-hybridized carbons (Fsp3) is 0.571. The highest BCUT2D eigenvalue weighted by Crippen LogP contribution is 2.14. The van der Waals surface area contributed by atoms with Gasteiger partial charge in [-0.15, -0.1) is 0 Å². The molecule has 1 aromatic rings. The van der Waals surface area contributed by atoms with Gasteiger partial charge in [0.05, 0.1) is 18.4 Å². The maximum Gasteiger partial charge on any atom is 0.236 e. The van der Waals surface area contributed by atoms with Gasteiger partial charge in [-0.25, -0.2) is 4.98 Å². The lowest BCUT2D eigenvalue weighted by Crippen LogP contribution is -2.49. The lowest BCUT2D eigenvalue weighted by molar-refractivity contribution is -0.131. The van der Waals surface area contributed by atoms with Gasteiger partial charge in [-0.1, -0.05) is 0 Å². The van der Waals surface area contributed by atoms with Crippen LogP contribution in [0.2, 0.25) is 0 Å². The number of carbonyl (C=O) groups is 1. The van der Waals surface area contributed by atoms with Crippen LogP contribution in [-0.4, -0.2) is 67.0 Å². The molecule has 2 N–H and O–H groups in total. The number of carbonyl (C=O) groups excluding carboxylic acids is 1. The molecule has 0 atom stereocenters. The zero-order valence-electron chi connectivity index (χ0n) is 12.2. The van der Waals surface area contributed by atoms with Crippen LogP contribution >= 0.6 is 0 Å². The summed E-state index contributed by atoms with van der Waals surface area (Å²) in [7, 11) is 1.84. The normalized spacial score (nSPS) is 16.2. The third kappa shape index (κ3) is 3.60. The van der Waals surface area contributed by atoms with Crippen LogP contribution in [0.4, 0.5) is 11.5 Å². The van der Waals surface area contributed by atoms with Crippen molar-refractivity contribution >= 4 is 17.4 Å². The van der Waals surface area contributed by atoms with E-state index in [0.29, 0.717) is 12.2 Å². The summed E-state index contributed by atoms with van der Waals surface area (Å²) in [6.45, 7) is 6.80. The zero-order valence-corrected chi connectivity index (χ0v) is 12.2. The molecule has 0 saturated carbocycles. The number of anilines is 2. The average molecular weight is 277 g/mol. The Morgan fingerprint density at radius 2 is 2.05 bits per heavy atom. The molecule has 6 heteroatoms. The second-order valence-electron chi connectivity index (χ2n) is 5.12. The summed E-state index contributed by atoms with van der Waals surface area (Å²) >= 11 is 0. The minimum absolute atomic E-state index is 0.187. The fourth-order valence-corrected chi connectivity index (χ4v) is 2.21. The van der Waals surface area contributed by atoms with Crippen LogP contribution in [0.5, 0.6) is 0 Å². The Kier molecular flexibility index (Phi) is 4.79. The summed E-state index contributed by atoms with van der Waals surface area (Å²) in [4.78, 5) is 22.4. The smallest absolute Gasteiger partial charge is 0.236 e. The topological polar surface area (TPSA) is 65.7 Å². The number of nitrogens with zero attached hydrogens (tertiary/aromatic N) is 4. The number of rotatable bonds is 4. The summed E-state index contributed by atoms with van der Waals surface area (Å²) in [6.07, 6.45) is 1.68. The van der Waals surface area contributed by atoms with Crippen LogP contribution in [0.1, 0.15) is 6.92 Å². The van der Waals surface area contributed by atoms with E-state index in [4.69, 9.17) is 5.73 Å². The van der Waals surface area contributed by atoms with Gasteiger partial charge in [-0.05, 0) is 19.1 Å². The van der Waals surface area contributed by atoms with Gasteiger partial charge in [0.25, 0.3) is 0 Å². The number of hydrogen-bond donors (Lipinski definition) is 1. The second kappa shape index (κ2) is 6.56. The van der Waals surface area contributed by atoms with Gasteiger partial charge in [-0.3, -0.25) is 9.69 Å². The molecule has 2 rings (SSSR count). The molecule has 1 amide bonds. The van der Waals surface area contributed by atoms with Crippen LogP contribution in [0, 0.1) is 0 Å². The molecule has 6 nitrogen and oxygen atoms in total. The van der Waals surface area contributed by atoms with Crippen LogP contribution < -0.4 is 10.6 Å². The Balaban J connectivity index is 1.83. The van der Waals surface area contributed by atoms with E-state index >= 15 is 0 Å². The van der Waals surface area contributed by atoms with Gasteiger partial charge in [0.2, 0.25) is 5.91 Å². The monoisotopic (exact) mass is 277 g/mol. The van der Waals surface area contributed by atoms with Crippen LogP contribution in [0.3, 0.4) is 0 Å². The maximum absolute atomic E-state index is 11.9. The minimum atomic E-state index is 0.187. The highest BCUT2D eigenvalue weighted by molar-refractivity contribution is 5.77. The van der Waals surface area contributed by atoms with E-state index in [1.807, 2.05) is 26.1 Å². The Hall–Kier alpha value is -1.82. The molecule has 0 spiro atoms. The van der Waals surface area contributed by atoms with Gasteiger partial charge in [0.15, 0.2) is 0 Å². The van der Waals surface area contributed by atoms with E-state index in [1.54, 1.807) is 11.1 Å². The first kappa shape index (κ1) is 14.6. The standard InChI is InChI=1S/C14H23N5O/c1-3-17(2)14(20)11-18-6-8-19(9-7-18)13-5-4-12(15)10-16-13/h4-5,10H,3,6-9,11,15H2,1-2H3. The molecule has 1 fully saturated rings. The Bertz CT molecular complexity index is 439. The second-order valence-corrected chi connectivity index (χ2v) is 5.12. The summed E-state index contributed by atoms with van der Waals surface area (Å²) in [5.41, 5.74) is 6.32. The molecule has 0 unspecified atom stereocenters. The predicted molar refractivity (Wildman–Crippen MR) is 80.6 cm³/mol. The Labute approximate surface area is 120 Å². The number of nitrogen functional groups attached to an aromatic ring is 1. The average Bonchev–Trinajstić information content (AvgIpc) is 2.48. The van der Waals surface area contributed by atoms with Crippen LogP contribution in [-0.2, 0) is 4.79 Å². The first-order chi connectivity index (χ1) is 9.60. The van der Waals surface area contributed by atoms with Crippen molar-refractivity contribution in [2.45, 2.75) is 6.92 Å². The molecule has 1 saturated heterocycles. The first-order valence-corrected chi connectivity index (χ1v) is 7.03. The van der Waals surface area contributed by atoms with E-state index in [0.717, 1.165) is 38.5 Å². The summed E-state index contributed by atoms with van der Waals surface area (Å²) < 4.78 is 0. The number of amides is 1. The van der Waals surface area contributed by atoms with Crippen molar-refractivity contribution in [2.75, 3.05) is 56.9 Å².